The van der Waals surface area contributed by atoms with Crippen molar-refractivity contribution >= 4 is 17.2 Å². The first-order valence-corrected chi connectivity index (χ1v) is 8.79. The fraction of sp³-hybridized carbons (Fsp3) is 0.333. The van der Waals surface area contributed by atoms with Gasteiger partial charge in [0, 0.05) is 23.7 Å². The number of aromatic nitrogens is 4. The van der Waals surface area contributed by atoms with Crippen LogP contribution in [0.4, 0.5) is 13.2 Å². The van der Waals surface area contributed by atoms with Crippen LogP contribution < -0.4 is 5.56 Å². The maximum absolute atomic E-state index is 12.8. The second kappa shape index (κ2) is 6.34. The Morgan fingerprint density at radius 2 is 2.11 bits per heavy atom. The van der Waals surface area contributed by atoms with Gasteiger partial charge in [0.2, 0.25) is 0 Å². The molecule has 1 fully saturated rings. The molecule has 0 amide bonds. The summed E-state index contributed by atoms with van der Waals surface area (Å²) >= 11 is 5.85. The van der Waals surface area contributed by atoms with E-state index < -0.39 is 11.9 Å². The standard InChI is InChI=1S/C18H13ClF3N5O/c1-9-2-3-15-24-11(8-26-14(19)6-13(25-26)18(20,21)22)5-16(28)27(15)17(9)12-4-10(12)7-23/h2-3,5-6,10,12H,4,8H2,1H3/t10-,12?/m0/s1. The van der Waals surface area contributed by atoms with E-state index in [2.05, 4.69) is 16.2 Å². The first kappa shape index (κ1) is 18.5. The number of aryl methyl sites for hydroxylation is 1. The molecule has 144 valence electrons. The van der Waals surface area contributed by atoms with Gasteiger partial charge >= 0.3 is 6.18 Å². The molecule has 0 aliphatic heterocycles. The predicted molar refractivity (Wildman–Crippen MR) is 94.0 cm³/mol. The third-order valence-electron chi connectivity index (χ3n) is 4.77. The Bertz CT molecular complexity index is 1190. The molecule has 0 saturated heterocycles. The summed E-state index contributed by atoms with van der Waals surface area (Å²) in [7, 11) is 0. The topological polar surface area (TPSA) is 76.0 Å². The Morgan fingerprint density at radius 1 is 1.36 bits per heavy atom. The number of halogens is 4. The Kier molecular flexibility index (Phi) is 4.19. The van der Waals surface area contributed by atoms with E-state index in [1.165, 1.54) is 10.5 Å². The lowest BCUT2D eigenvalue weighted by Gasteiger charge is -2.12. The quantitative estimate of drug-likeness (QED) is 0.665. The van der Waals surface area contributed by atoms with E-state index in [1.807, 2.05) is 13.0 Å². The highest BCUT2D eigenvalue weighted by Gasteiger charge is 2.41. The lowest BCUT2D eigenvalue weighted by atomic mass is 10.1. The maximum Gasteiger partial charge on any atom is 0.435 e. The minimum Gasteiger partial charge on any atom is -0.269 e. The van der Waals surface area contributed by atoms with Gasteiger partial charge in [-0.15, -0.1) is 0 Å². The lowest BCUT2D eigenvalue weighted by molar-refractivity contribution is -0.141. The van der Waals surface area contributed by atoms with Crippen molar-refractivity contribution < 1.29 is 13.2 Å². The summed E-state index contributed by atoms with van der Waals surface area (Å²) < 4.78 is 40.8. The molecule has 3 aromatic rings. The van der Waals surface area contributed by atoms with Crippen molar-refractivity contribution in [3.05, 3.63) is 62.4 Å². The number of fused-ring (bicyclic) bond motifs is 1. The summed E-state index contributed by atoms with van der Waals surface area (Å²) in [6.45, 7) is 1.69. The molecule has 0 N–H and O–H groups in total. The molecule has 0 bridgehead atoms. The highest BCUT2D eigenvalue weighted by Crippen LogP contribution is 2.47. The smallest absolute Gasteiger partial charge is 0.269 e. The summed E-state index contributed by atoms with van der Waals surface area (Å²) in [6.07, 6.45) is -3.92. The average Bonchev–Trinajstić information content (AvgIpc) is 3.30. The van der Waals surface area contributed by atoms with E-state index in [4.69, 9.17) is 16.9 Å². The molecule has 2 atom stereocenters. The molecule has 1 aliphatic carbocycles. The van der Waals surface area contributed by atoms with Crippen LogP contribution in [0.1, 0.15) is 35.0 Å². The highest BCUT2D eigenvalue weighted by molar-refractivity contribution is 6.29. The number of nitriles is 1. The average molecular weight is 408 g/mol. The van der Waals surface area contributed by atoms with Gasteiger partial charge in [0.05, 0.1) is 24.2 Å². The van der Waals surface area contributed by atoms with Gasteiger partial charge in [-0.2, -0.15) is 23.5 Å². The van der Waals surface area contributed by atoms with E-state index >= 15 is 0 Å². The third kappa shape index (κ3) is 3.14. The SMILES string of the molecule is Cc1ccc2nc(Cn3nc(C(F)(F)F)cc3Cl)cc(=O)n2c1C1C[C@H]1C#N. The largest absolute Gasteiger partial charge is 0.435 e. The summed E-state index contributed by atoms with van der Waals surface area (Å²) in [5, 5.41) is 12.4. The van der Waals surface area contributed by atoms with E-state index in [1.54, 1.807) is 6.07 Å². The predicted octanol–water partition coefficient (Wildman–Crippen LogP) is 3.55. The molecular formula is C18H13ClF3N5O. The molecule has 28 heavy (non-hydrogen) atoms. The molecule has 0 aromatic carbocycles. The monoisotopic (exact) mass is 407 g/mol. The molecule has 6 nitrogen and oxygen atoms in total. The molecule has 1 saturated carbocycles. The molecule has 3 aromatic heterocycles. The van der Waals surface area contributed by atoms with E-state index in [9.17, 15) is 18.0 Å². The zero-order valence-electron chi connectivity index (χ0n) is 14.5. The van der Waals surface area contributed by atoms with Crippen LogP contribution in [0.5, 0.6) is 0 Å². The van der Waals surface area contributed by atoms with Crippen molar-refractivity contribution in [1.82, 2.24) is 19.2 Å². The van der Waals surface area contributed by atoms with Crippen LogP contribution in [-0.2, 0) is 12.7 Å². The normalized spacial score (nSPS) is 19.0. The Hall–Kier alpha value is -2.86. The van der Waals surface area contributed by atoms with Gasteiger partial charge in [-0.25, -0.2) is 9.67 Å². The second-order valence-electron chi connectivity index (χ2n) is 6.77. The maximum atomic E-state index is 12.8. The van der Waals surface area contributed by atoms with E-state index in [-0.39, 0.29) is 34.8 Å². The number of rotatable bonds is 3. The van der Waals surface area contributed by atoms with Crippen LogP contribution in [0, 0.1) is 24.2 Å². The molecule has 4 rings (SSSR count). The van der Waals surface area contributed by atoms with Gasteiger partial charge in [-0.3, -0.25) is 9.20 Å². The van der Waals surface area contributed by atoms with Gasteiger partial charge in [0.25, 0.3) is 5.56 Å². The van der Waals surface area contributed by atoms with Crippen LogP contribution in [0.25, 0.3) is 5.65 Å². The fourth-order valence-electron chi connectivity index (χ4n) is 3.34. The van der Waals surface area contributed by atoms with Crippen molar-refractivity contribution in [2.75, 3.05) is 0 Å². The minimum atomic E-state index is -4.61. The highest BCUT2D eigenvalue weighted by atomic mass is 35.5. The van der Waals surface area contributed by atoms with Gasteiger partial charge in [0.1, 0.15) is 10.8 Å². The zero-order chi connectivity index (χ0) is 20.2. The fourth-order valence-corrected chi connectivity index (χ4v) is 3.54. The molecule has 1 unspecified atom stereocenters. The number of hydrogen-bond acceptors (Lipinski definition) is 4. The number of alkyl halides is 3. The van der Waals surface area contributed by atoms with Crippen molar-refractivity contribution in [1.29, 1.82) is 5.26 Å². The van der Waals surface area contributed by atoms with Gasteiger partial charge in [-0.1, -0.05) is 17.7 Å². The summed E-state index contributed by atoms with van der Waals surface area (Å²) in [5.74, 6) is -0.145. The minimum absolute atomic E-state index is 0.0195. The van der Waals surface area contributed by atoms with Crippen LogP contribution >= 0.6 is 11.6 Å². The molecular weight excluding hydrogens is 395 g/mol. The summed E-state index contributed by atoms with van der Waals surface area (Å²) in [6, 6.07) is 7.67. The second-order valence-corrected chi connectivity index (χ2v) is 7.15. The van der Waals surface area contributed by atoms with Crippen molar-refractivity contribution in [2.45, 2.75) is 32.0 Å². The number of pyridine rings is 1. The van der Waals surface area contributed by atoms with E-state index in [0.29, 0.717) is 12.1 Å². The first-order valence-electron chi connectivity index (χ1n) is 8.41. The molecule has 0 radical (unpaired) electrons. The van der Waals surface area contributed by atoms with Crippen LogP contribution in [0.15, 0.2) is 29.1 Å². The third-order valence-corrected chi connectivity index (χ3v) is 5.07. The Labute approximate surface area is 161 Å². The summed E-state index contributed by atoms with van der Waals surface area (Å²) in [5.41, 5.74) is 0.782. The Balaban J connectivity index is 1.76. The zero-order valence-corrected chi connectivity index (χ0v) is 15.3. The molecule has 0 spiro atoms. The van der Waals surface area contributed by atoms with Crippen molar-refractivity contribution in [2.24, 2.45) is 5.92 Å². The van der Waals surface area contributed by atoms with Crippen LogP contribution in [-0.4, -0.2) is 19.2 Å². The van der Waals surface area contributed by atoms with Gasteiger partial charge in [-0.05, 0) is 25.0 Å². The molecule has 3 heterocycles. The molecule has 1 aliphatic rings. The number of hydrogen-bond donors (Lipinski definition) is 0. The Morgan fingerprint density at radius 3 is 2.71 bits per heavy atom. The van der Waals surface area contributed by atoms with E-state index in [0.717, 1.165) is 22.0 Å². The van der Waals surface area contributed by atoms with Crippen molar-refractivity contribution in [3.8, 4) is 6.07 Å². The van der Waals surface area contributed by atoms with Crippen LogP contribution in [0.2, 0.25) is 5.15 Å². The first-order chi connectivity index (χ1) is 13.2. The summed E-state index contributed by atoms with van der Waals surface area (Å²) in [4.78, 5) is 17.1. The van der Waals surface area contributed by atoms with Gasteiger partial charge in [0.15, 0.2) is 5.69 Å². The molecule has 10 heteroatoms. The number of nitrogens with zero attached hydrogens (tertiary/aromatic N) is 5. The van der Waals surface area contributed by atoms with Crippen molar-refractivity contribution in [3.63, 3.8) is 0 Å². The lowest BCUT2D eigenvalue weighted by Crippen LogP contribution is -2.21. The van der Waals surface area contributed by atoms with Gasteiger partial charge < -0.3 is 0 Å². The van der Waals surface area contributed by atoms with Crippen LogP contribution in [0.3, 0.4) is 0 Å².